The second kappa shape index (κ2) is 4.06. The Hall–Kier alpha value is -0.0800. The molecule has 0 unspecified atom stereocenters. The molecule has 90 valence electrons. The molecule has 0 bridgehead atoms. The molecule has 0 N–H and O–H groups in total. The Balaban J connectivity index is 2.42. The molecule has 0 spiro atoms. The summed E-state index contributed by atoms with van der Waals surface area (Å²) in [5, 5.41) is 0. The molecule has 0 aromatic rings. The number of hydrogen-bond donors (Lipinski definition) is 0. The first kappa shape index (κ1) is 13.0. The molecule has 1 saturated heterocycles. The van der Waals surface area contributed by atoms with Gasteiger partial charge in [0.15, 0.2) is 5.79 Å². The highest BCUT2D eigenvalue weighted by molar-refractivity contribution is 4.78. The zero-order valence-corrected chi connectivity index (χ0v) is 11.1. The van der Waals surface area contributed by atoms with Crippen LogP contribution in [-0.2, 0) is 9.47 Å². The summed E-state index contributed by atoms with van der Waals surface area (Å²) in [5.74, 6) is -0.358. The van der Waals surface area contributed by atoms with Crippen molar-refractivity contribution in [1.29, 1.82) is 0 Å². The van der Waals surface area contributed by atoms with Gasteiger partial charge >= 0.3 is 0 Å². The minimum atomic E-state index is -0.358. The summed E-state index contributed by atoms with van der Waals surface area (Å²) in [6, 6.07) is 0. The standard InChI is InChI=1S/C13H26O2/c1-11(2,3)7-8-13(6)14-9-12(4,5)10-15-13/h7-10H2,1-6H3. The first-order chi connectivity index (χ1) is 6.62. The van der Waals surface area contributed by atoms with Crippen molar-refractivity contribution < 1.29 is 9.47 Å². The van der Waals surface area contributed by atoms with Crippen LogP contribution in [0, 0.1) is 10.8 Å². The van der Waals surface area contributed by atoms with Gasteiger partial charge in [0.05, 0.1) is 13.2 Å². The smallest absolute Gasteiger partial charge is 0.165 e. The van der Waals surface area contributed by atoms with Gasteiger partial charge in [-0.05, 0) is 18.8 Å². The van der Waals surface area contributed by atoms with Crippen LogP contribution in [0.4, 0.5) is 0 Å². The van der Waals surface area contributed by atoms with Gasteiger partial charge in [-0.3, -0.25) is 0 Å². The normalized spacial score (nSPS) is 25.2. The molecule has 1 rings (SSSR count). The van der Waals surface area contributed by atoms with Crippen molar-refractivity contribution in [2.24, 2.45) is 10.8 Å². The summed E-state index contributed by atoms with van der Waals surface area (Å²) in [5.41, 5.74) is 0.518. The lowest BCUT2D eigenvalue weighted by atomic mass is 9.87. The molecule has 1 aliphatic rings. The Morgan fingerprint density at radius 1 is 1.00 bits per heavy atom. The van der Waals surface area contributed by atoms with Crippen molar-refractivity contribution in [1.82, 2.24) is 0 Å². The van der Waals surface area contributed by atoms with E-state index in [0.717, 1.165) is 26.1 Å². The molecular weight excluding hydrogens is 188 g/mol. The molecule has 1 fully saturated rings. The van der Waals surface area contributed by atoms with Crippen LogP contribution in [0.1, 0.15) is 54.4 Å². The van der Waals surface area contributed by atoms with Crippen LogP contribution in [0.15, 0.2) is 0 Å². The summed E-state index contributed by atoms with van der Waals surface area (Å²) in [6.07, 6.45) is 2.11. The Bertz CT molecular complexity index is 203. The fourth-order valence-electron chi connectivity index (χ4n) is 1.53. The van der Waals surface area contributed by atoms with Gasteiger partial charge < -0.3 is 9.47 Å². The average molecular weight is 214 g/mol. The molecule has 2 nitrogen and oxygen atoms in total. The van der Waals surface area contributed by atoms with Crippen LogP contribution < -0.4 is 0 Å². The fourth-order valence-corrected chi connectivity index (χ4v) is 1.53. The lowest BCUT2D eigenvalue weighted by Crippen LogP contribution is -2.45. The van der Waals surface area contributed by atoms with E-state index in [4.69, 9.17) is 9.47 Å². The first-order valence-electron chi connectivity index (χ1n) is 5.90. The Morgan fingerprint density at radius 2 is 1.47 bits per heavy atom. The Labute approximate surface area is 94.3 Å². The van der Waals surface area contributed by atoms with Gasteiger partial charge in [0.25, 0.3) is 0 Å². The third kappa shape index (κ3) is 4.52. The fraction of sp³-hybridized carbons (Fsp3) is 1.00. The predicted octanol–water partition coefficient (Wildman–Crippen LogP) is 3.60. The minimum absolute atomic E-state index is 0.168. The van der Waals surface area contributed by atoms with E-state index in [9.17, 15) is 0 Å². The molecular formula is C13H26O2. The second-order valence-corrected chi connectivity index (χ2v) is 6.94. The van der Waals surface area contributed by atoms with Gasteiger partial charge in [0.2, 0.25) is 0 Å². The van der Waals surface area contributed by atoms with Gasteiger partial charge in [0, 0.05) is 11.8 Å². The summed E-state index contributed by atoms with van der Waals surface area (Å²) in [7, 11) is 0. The molecule has 1 heterocycles. The lowest BCUT2D eigenvalue weighted by molar-refractivity contribution is -0.293. The topological polar surface area (TPSA) is 18.5 Å². The van der Waals surface area contributed by atoms with Gasteiger partial charge in [0.1, 0.15) is 0 Å². The molecule has 0 amide bonds. The minimum Gasteiger partial charge on any atom is -0.350 e. The molecule has 0 aromatic heterocycles. The van der Waals surface area contributed by atoms with Crippen LogP contribution in [0.5, 0.6) is 0 Å². The summed E-state index contributed by atoms with van der Waals surface area (Å²) in [6.45, 7) is 14.8. The monoisotopic (exact) mass is 214 g/mol. The molecule has 0 saturated carbocycles. The zero-order chi connectivity index (χ0) is 11.7. The first-order valence-corrected chi connectivity index (χ1v) is 5.90. The van der Waals surface area contributed by atoms with Crippen LogP contribution in [0.2, 0.25) is 0 Å². The number of rotatable bonds is 2. The van der Waals surface area contributed by atoms with E-state index >= 15 is 0 Å². The van der Waals surface area contributed by atoms with E-state index in [2.05, 4.69) is 41.5 Å². The third-order valence-corrected chi connectivity index (χ3v) is 2.87. The highest BCUT2D eigenvalue weighted by Crippen LogP contribution is 2.34. The van der Waals surface area contributed by atoms with E-state index in [1.165, 1.54) is 0 Å². The van der Waals surface area contributed by atoms with Gasteiger partial charge in [-0.25, -0.2) is 0 Å². The average Bonchev–Trinajstić information content (AvgIpc) is 2.07. The van der Waals surface area contributed by atoms with Gasteiger partial charge in [-0.15, -0.1) is 0 Å². The lowest BCUT2D eigenvalue weighted by Gasteiger charge is -2.42. The molecule has 2 heteroatoms. The molecule has 0 atom stereocenters. The van der Waals surface area contributed by atoms with E-state index in [0.29, 0.717) is 5.41 Å². The zero-order valence-electron chi connectivity index (χ0n) is 11.1. The highest BCUT2D eigenvalue weighted by Gasteiger charge is 2.37. The maximum atomic E-state index is 5.85. The molecule has 0 aromatic carbocycles. The van der Waals surface area contributed by atoms with Crippen molar-refractivity contribution in [3.8, 4) is 0 Å². The van der Waals surface area contributed by atoms with Crippen molar-refractivity contribution in [3.05, 3.63) is 0 Å². The van der Waals surface area contributed by atoms with Crippen LogP contribution in [-0.4, -0.2) is 19.0 Å². The predicted molar refractivity (Wildman–Crippen MR) is 62.8 cm³/mol. The summed E-state index contributed by atoms with van der Waals surface area (Å²) in [4.78, 5) is 0. The molecule has 0 radical (unpaired) electrons. The maximum absolute atomic E-state index is 5.85. The Kier molecular flexibility index (Phi) is 3.52. The van der Waals surface area contributed by atoms with Gasteiger partial charge in [-0.2, -0.15) is 0 Å². The van der Waals surface area contributed by atoms with E-state index < -0.39 is 0 Å². The number of hydrogen-bond acceptors (Lipinski definition) is 2. The van der Waals surface area contributed by atoms with E-state index in [1.54, 1.807) is 0 Å². The SMILES string of the molecule is CC(C)(C)CCC1(C)OCC(C)(C)CO1. The number of ether oxygens (including phenoxy) is 2. The maximum Gasteiger partial charge on any atom is 0.165 e. The molecule has 1 aliphatic heterocycles. The van der Waals surface area contributed by atoms with Crippen molar-refractivity contribution in [3.63, 3.8) is 0 Å². The quantitative estimate of drug-likeness (QED) is 0.699. The second-order valence-electron chi connectivity index (χ2n) is 6.94. The van der Waals surface area contributed by atoms with Gasteiger partial charge in [-0.1, -0.05) is 34.6 Å². The van der Waals surface area contributed by atoms with Crippen LogP contribution >= 0.6 is 0 Å². The summed E-state index contributed by atoms with van der Waals surface area (Å²) < 4.78 is 11.7. The van der Waals surface area contributed by atoms with E-state index in [1.807, 2.05) is 0 Å². The molecule has 15 heavy (non-hydrogen) atoms. The van der Waals surface area contributed by atoms with E-state index in [-0.39, 0.29) is 11.2 Å². The van der Waals surface area contributed by atoms with Crippen LogP contribution in [0.3, 0.4) is 0 Å². The third-order valence-electron chi connectivity index (χ3n) is 2.87. The molecule has 0 aliphatic carbocycles. The van der Waals surface area contributed by atoms with Crippen LogP contribution in [0.25, 0.3) is 0 Å². The van der Waals surface area contributed by atoms with Crippen molar-refractivity contribution in [2.75, 3.05) is 13.2 Å². The van der Waals surface area contributed by atoms with Crippen molar-refractivity contribution in [2.45, 2.75) is 60.2 Å². The largest absolute Gasteiger partial charge is 0.350 e. The van der Waals surface area contributed by atoms with Crippen molar-refractivity contribution >= 4 is 0 Å². The summed E-state index contributed by atoms with van der Waals surface area (Å²) >= 11 is 0. The highest BCUT2D eigenvalue weighted by atomic mass is 16.7. The Morgan fingerprint density at radius 3 is 1.87 bits per heavy atom.